The first-order valence-electron chi connectivity index (χ1n) is 6.57. The number of amides is 1. The number of carbonyl (C=O) groups is 2. The molecule has 0 aliphatic carbocycles. The van der Waals surface area contributed by atoms with E-state index >= 15 is 0 Å². The van der Waals surface area contributed by atoms with Gasteiger partial charge in [0.2, 0.25) is 0 Å². The Bertz CT molecular complexity index is 448. The third kappa shape index (κ3) is 4.09. The number of aliphatic carboxylic acids is 1. The van der Waals surface area contributed by atoms with Crippen LogP contribution in [0.5, 0.6) is 0 Å². The van der Waals surface area contributed by atoms with Crippen molar-refractivity contribution >= 4 is 11.9 Å². The highest BCUT2D eigenvalue weighted by atomic mass is 16.4. The van der Waals surface area contributed by atoms with E-state index in [2.05, 4.69) is 5.32 Å². The Kier molecular flexibility index (Phi) is 5.55. The van der Waals surface area contributed by atoms with Crippen LogP contribution in [0.1, 0.15) is 47.7 Å². The van der Waals surface area contributed by atoms with Gasteiger partial charge in [-0.25, -0.2) is 4.79 Å². The summed E-state index contributed by atoms with van der Waals surface area (Å²) in [5, 5.41) is 11.7. The molecule has 19 heavy (non-hydrogen) atoms. The Labute approximate surface area is 113 Å². The van der Waals surface area contributed by atoms with Gasteiger partial charge in [0.1, 0.15) is 6.04 Å². The molecule has 4 nitrogen and oxygen atoms in total. The van der Waals surface area contributed by atoms with E-state index < -0.39 is 12.0 Å². The van der Waals surface area contributed by atoms with Gasteiger partial charge in [-0.3, -0.25) is 4.79 Å². The van der Waals surface area contributed by atoms with Crippen LogP contribution in [0.3, 0.4) is 0 Å². The van der Waals surface area contributed by atoms with Crippen LogP contribution in [0.15, 0.2) is 18.2 Å². The lowest BCUT2D eigenvalue weighted by atomic mass is 10.0. The normalized spacial score (nSPS) is 11.9. The average molecular weight is 263 g/mol. The highest BCUT2D eigenvalue weighted by Crippen LogP contribution is 2.13. The molecule has 4 heteroatoms. The molecule has 1 unspecified atom stereocenters. The number of carbonyl (C=O) groups excluding carboxylic acids is 1. The number of rotatable bonds is 6. The molecule has 0 aromatic heterocycles. The van der Waals surface area contributed by atoms with Gasteiger partial charge in [0.05, 0.1) is 0 Å². The van der Waals surface area contributed by atoms with E-state index in [9.17, 15) is 9.59 Å². The Morgan fingerprint density at radius 3 is 2.32 bits per heavy atom. The van der Waals surface area contributed by atoms with Crippen molar-refractivity contribution in [1.29, 1.82) is 0 Å². The van der Waals surface area contributed by atoms with Crippen LogP contribution >= 0.6 is 0 Å². The molecule has 1 amide bonds. The molecule has 0 aliphatic heterocycles. The van der Waals surface area contributed by atoms with Gasteiger partial charge in [0.25, 0.3) is 5.91 Å². The second-order valence-corrected chi connectivity index (χ2v) is 4.77. The number of hydrogen-bond donors (Lipinski definition) is 2. The first kappa shape index (κ1) is 15.2. The quantitative estimate of drug-likeness (QED) is 0.829. The zero-order valence-electron chi connectivity index (χ0n) is 11.7. The summed E-state index contributed by atoms with van der Waals surface area (Å²) in [7, 11) is 0. The summed E-state index contributed by atoms with van der Waals surface area (Å²) >= 11 is 0. The molecule has 0 aliphatic rings. The minimum absolute atomic E-state index is 0.306. The predicted molar refractivity (Wildman–Crippen MR) is 74.3 cm³/mol. The van der Waals surface area contributed by atoms with E-state index in [4.69, 9.17) is 5.11 Å². The fraction of sp³-hybridized carbons (Fsp3) is 0.467. The number of benzene rings is 1. The summed E-state index contributed by atoms with van der Waals surface area (Å²) < 4.78 is 0. The van der Waals surface area contributed by atoms with Crippen molar-refractivity contribution in [3.05, 3.63) is 34.9 Å². The summed E-state index contributed by atoms with van der Waals surface area (Å²) in [6.45, 7) is 5.69. The maximum absolute atomic E-state index is 12.2. The Morgan fingerprint density at radius 1 is 1.26 bits per heavy atom. The zero-order valence-corrected chi connectivity index (χ0v) is 11.7. The highest BCUT2D eigenvalue weighted by molar-refractivity contribution is 5.99. The second-order valence-electron chi connectivity index (χ2n) is 4.77. The Hall–Kier alpha value is -1.84. The van der Waals surface area contributed by atoms with Gasteiger partial charge in [-0.15, -0.1) is 0 Å². The van der Waals surface area contributed by atoms with Crippen LogP contribution in [0.25, 0.3) is 0 Å². The molecular weight excluding hydrogens is 242 g/mol. The molecule has 0 fully saturated rings. The van der Waals surface area contributed by atoms with Crippen molar-refractivity contribution in [1.82, 2.24) is 5.32 Å². The lowest BCUT2D eigenvalue weighted by Crippen LogP contribution is -2.41. The minimum Gasteiger partial charge on any atom is -0.480 e. The molecule has 1 rings (SSSR count). The third-order valence-electron chi connectivity index (χ3n) is 3.16. The average Bonchev–Trinajstić information content (AvgIpc) is 2.33. The molecule has 1 aromatic carbocycles. The predicted octanol–water partition coefficient (Wildman–Crippen LogP) is 2.68. The summed E-state index contributed by atoms with van der Waals surface area (Å²) in [6.07, 6.45) is 2.15. The van der Waals surface area contributed by atoms with Crippen molar-refractivity contribution in [2.75, 3.05) is 0 Å². The van der Waals surface area contributed by atoms with E-state index in [-0.39, 0.29) is 5.91 Å². The van der Waals surface area contributed by atoms with Gasteiger partial charge >= 0.3 is 5.97 Å². The first-order chi connectivity index (χ1) is 8.97. The molecule has 0 saturated carbocycles. The van der Waals surface area contributed by atoms with Gasteiger partial charge in [-0.05, 0) is 31.4 Å². The number of carboxylic acid groups (broad SMARTS) is 1. The van der Waals surface area contributed by atoms with Gasteiger partial charge in [0.15, 0.2) is 0 Å². The van der Waals surface area contributed by atoms with E-state index in [1.807, 2.05) is 39.0 Å². The van der Waals surface area contributed by atoms with Crippen molar-refractivity contribution in [2.24, 2.45) is 0 Å². The molecule has 0 radical (unpaired) electrons. The molecule has 0 spiro atoms. The van der Waals surface area contributed by atoms with Gasteiger partial charge in [0, 0.05) is 5.56 Å². The first-order valence-corrected chi connectivity index (χ1v) is 6.57. The fourth-order valence-corrected chi connectivity index (χ4v) is 2.07. The molecule has 104 valence electrons. The summed E-state index contributed by atoms with van der Waals surface area (Å²) in [5.74, 6) is -1.29. The highest BCUT2D eigenvalue weighted by Gasteiger charge is 2.21. The molecule has 1 atom stereocenters. The lowest BCUT2D eigenvalue weighted by molar-refractivity contribution is -0.139. The zero-order chi connectivity index (χ0) is 14.4. The number of hydrogen-bond acceptors (Lipinski definition) is 2. The van der Waals surface area contributed by atoms with Crippen LogP contribution in [0.4, 0.5) is 0 Å². The SMILES string of the molecule is CCCCC(NC(=O)c1c(C)cccc1C)C(=O)O. The van der Waals surface area contributed by atoms with Crippen LogP contribution in [-0.2, 0) is 4.79 Å². The van der Waals surface area contributed by atoms with Crippen molar-refractivity contribution in [2.45, 2.75) is 46.1 Å². The topological polar surface area (TPSA) is 66.4 Å². The number of nitrogens with one attached hydrogen (secondary N) is 1. The standard InChI is InChI=1S/C15H21NO3/c1-4-5-9-12(15(18)19)16-14(17)13-10(2)7-6-8-11(13)3/h6-8,12H,4-5,9H2,1-3H3,(H,16,17)(H,18,19). The smallest absolute Gasteiger partial charge is 0.326 e. The van der Waals surface area contributed by atoms with Crippen LogP contribution in [0, 0.1) is 13.8 Å². The third-order valence-corrected chi connectivity index (χ3v) is 3.16. The molecule has 0 saturated heterocycles. The number of carboxylic acids is 1. The van der Waals surface area contributed by atoms with Crippen LogP contribution in [-0.4, -0.2) is 23.0 Å². The summed E-state index contributed by atoms with van der Waals surface area (Å²) in [6, 6.07) is 4.77. The van der Waals surface area contributed by atoms with Gasteiger partial charge in [-0.2, -0.15) is 0 Å². The van der Waals surface area contributed by atoms with E-state index in [0.29, 0.717) is 12.0 Å². The Balaban J connectivity index is 2.85. The molecule has 1 aromatic rings. The number of unbranched alkanes of at least 4 members (excludes halogenated alkanes) is 1. The maximum Gasteiger partial charge on any atom is 0.326 e. The van der Waals surface area contributed by atoms with Crippen molar-refractivity contribution in [3.8, 4) is 0 Å². The largest absolute Gasteiger partial charge is 0.480 e. The minimum atomic E-state index is -0.979. The van der Waals surface area contributed by atoms with E-state index in [1.165, 1.54) is 0 Å². The fourth-order valence-electron chi connectivity index (χ4n) is 2.07. The summed E-state index contributed by atoms with van der Waals surface area (Å²) in [5.41, 5.74) is 2.29. The number of aryl methyl sites for hydroxylation is 2. The second kappa shape index (κ2) is 6.92. The van der Waals surface area contributed by atoms with E-state index in [1.54, 1.807) is 0 Å². The van der Waals surface area contributed by atoms with Gasteiger partial charge in [-0.1, -0.05) is 38.0 Å². The van der Waals surface area contributed by atoms with Crippen molar-refractivity contribution < 1.29 is 14.7 Å². The van der Waals surface area contributed by atoms with Crippen molar-refractivity contribution in [3.63, 3.8) is 0 Å². The molecule has 0 heterocycles. The van der Waals surface area contributed by atoms with Crippen LogP contribution in [0.2, 0.25) is 0 Å². The lowest BCUT2D eigenvalue weighted by Gasteiger charge is -2.16. The monoisotopic (exact) mass is 263 g/mol. The molecule has 0 bridgehead atoms. The molecule has 2 N–H and O–H groups in total. The Morgan fingerprint density at radius 2 is 1.84 bits per heavy atom. The maximum atomic E-state index is 12.2. The molecular formula is C15H21NO3. The summed E-state index contributed by atoms with van der Waals surface area (Å²) in [4.78, 5) is 23.3. The van der Waals surface area contributed by atoms with E-state index in [0.717, 1.165) is 24.0 Å². The van der Waals surface area contributed by atoms with Gasteiger partial charge < -0.3 is 10.4 Å². The van der Waals surface area contributed by atoms with Crippen LogP contribution < -0.4 is 5.32 Å².